The van der Waals surface area contributed by atoms with E-state index in [4.69, 9.17) is 5.73 Å². The summed E-state index contributed by atoms with van der Waals surface area (Å²) in [6.07, 6.45) is 18.7. The largest absolute Gasteiger partial charge is 0.325 e. The van der Waals surface area contributed by atoms with Crippen LogP contribution in [0.25, 0.3) is 0 Å². The minimum absolute atomic E-state index is 0. The molecule has 0 aromatic rings. The Morgan fingerprint density at radius 3 is 1.59 bits per heavy atom. The number of hydrogen-bond donors (Lipinski definition) is 1. The summed E-state index contributed by atoms with van der Waals surface area (Å²) in [5.41, 5.74) is 6.94. The molecule has 1 unspecified atom stereocenters. The summed E-state index contributed by atoms with van der Waals surface area (Å²) in [5.74, 6) is 0.748. The van der Waals surface area contributed by atoms with E-state index >= 15 is 0 Å². The highest BCUT2D eigenvalue weighted by Crippen LogP contribution is 2.33. The van der Waals surface area contributed by atoms with Crippen LogP contribution >= 0.6 is 24.0 Å². The fourth-order valence-corrected chi connectivity index (χ4v) is 3.88. The number of unbranched alkanes of at least 4 members (excludes halogenated alkanes) is 6. The van der Waals surface area contributed by atoms with E-state index in [1.54, 1.807) is 0 Å². The molecule has 0 radical (unpaired) electrons. The second kappa shape index (κ2) is 16.5. The van der Waals surface area contributed by atoms with Crippen LogP contribution in [0.1, 0.15) is 118 Å². The van der Waals surface area contributed by atoms with Crippen molar-refractivity contribution >= 4 is 24.0 Å². The van der Waals surface area contributed by atoms with Crippen LogP contribution in [-0.2, 0) is 0 Å². The maximum absolute atomic E-state index is 6.83. The molecule has 0 bridgehead atoms. The summed E-state index contributed by atoms with van der Waals surface area (Å²) >= 11 is 0. The van der Waals surface area contributed by atoms with E-state index in [0.29, 0.717) is 0 Å². The molecule has 0 saturated heterocycles. The van der Waals surface area contributed by atoms with Gasteiger partial charge in [0, 0.05) is 5.54 Å². The molecule has 0 aliphatic carbocycles. The molecule has 22 heavy (non-hydrogen) atoms. The van der Waals surface area contributed by atoms with Crippen LogP contribution < -0.4 is 5.73 Å². The molecular weight excluding hydrogens is 381 g/mol. The monoisotopic (exact) mass is 425 g/mol. The van der Waals surface area contributed by atoms with Crippen LogP contribution in [-0.4, -0.2) is 5.54 Å². The van der Waals surface area contributed by atoms with Crippen molar-refractivity contribution in [3.05, 3.63) is 0 Å². The minimum Gasteiger partial charge on any atom is -0.325 e. The Hall–Kier alpha value is 0.690. The standard InChI is InChI=1S/C20H43N.HI/c1-5-9-10-11-12-13-14-16-19(15-6-2)20(21,17-7-3)18-8-4;/h19H,5-18,21H2,1-4H3;1H. The van der Waals surface area contributed by atoms with E-state index in [2.05, 4.69) is 27.7 Å². The molecule has 0 aromatic carbocycles. The smallest absolute Gasteiger partial charge is 0.0182 e. The van der Waals surface area contributed by atoms with Gasteiger partial charge in [-0.25, -0.2) is 0 Å². The molecular formula is C20H44IN. The average molecular weight is 425 g/mol. The Kier molecular flexibility index (Phi) is 18.8. The zero-order chi connectivity index (χ0) is 16.0. The molecule has 0 aromatic heterocycles. The molecule has 1 nitrogen and oxygen atoms in total. The second-order valence-corrected chi connectivity index (χ2v) is 7.13. The van der Waals surface area contributed by atoms with Crippen molar-refractivity contribution < 1.29 is 0 Å². The lowest BCUT2D eigenvalue weighted by Crippen LogP contribution is -2.47. The highest BCUT2D eigenvalue weighted by atomic mass is 127. The molecule has 1 atom stereocenters. The van der Waals surface area contributed by atoms with E-state index in [1.807, 2.05) is 0 Å². The third-order valence-electron chi connectivity index (χ3n) is 5.04. The summed E-state index contributed by atoms with van der Waals surface area (Å²) in [7, 11) is 0. The van der Waals surface area contributed by atoms with E-state index in [-0.39, 0.29) is 29.5 Å². The van der Waals surface area contributed by atoms with Crippen molar-refractivity contribution in [1.29, 1.82) is 0 Å². The van der Waals surface area contributed by atoms with E-state index in [0.717, 1.165) is 5.92 Å². The van der Waals surface area contributed by atoms with E-state index in [1.165, 1.54) is 89.9 Å². The van der Waals surface area contributed by atoms with Crippen LogP contribution in [0.2, 0.25) is 0 Å². The maximum Gasteiger partial charge on any atom is 0.0182 e. The lowest BCUT2D eigenvalue weighted by atomic mass is 9.73. The lowest BCUT2D eigenvalue weighted by Gasteiger charge is -2.38. The Balaban J connectivity index is 0. The topological polar surface area (TPSA) is 26.0 Å². The molecule has 0 fully saturated rings. The molecule has 2 N–H and O–H groups in total. The van der Waals surface area contributed by atoms with Gasteiger partial charge in [0.2, 0.25) is 0 Å². The van der Waals surface area contributed by atoms with Gasteiger partial charge in [-0.1, -0.05) is 91.9 Å². The molecule has 0 amide bonds. The van der Waals surface area contributed by atoms with Gasteiger partial charge in [0.15, 0.2) is 0 Å². The normalized spacial score (nSPS) is 13.0. The first-order chi connectivity index (χ1) is 10.1. The lowest BCUT2D eigenvalue weighted by molar-refractivity contribution is 0.200. The van der Waals surface area contributed by atoms with Gasteiger partial charge >= 0.3 is 0 Å². The Bertz CT molecular complexity index is 212. The fourth-order valence-electron chi connectivity index (χ4n) is 3.88. The van der Waals surface area contributed by atoms with E-state index in [9.17, 15) is 0 Å². The summed E-state index contributed by atoms with van der Waals surface area (Å²) < 4.78 is 0. The summed E-state index contributed by atoms with van der Waals surface area (Å²) in [6.45, 7) is 9.18. The average Bonchev–Trinajstić information content (AvgIpc) is 2.45. The second-order valence-electron chi connectivity index (χ2n) is 7.13. The first-order valence-corrected chi connectivity index (χ1v) is 9.93. The van der Waals surface area contributed by atoms with Crippen LogP contribution in [0.15, 0.2) is 0 Å². The first kappa shape index (κ1) is 24.9. The molecule has 136 valence electrons. The molecule has 0 rings (SSSR count). The number of rotatable bonds is 15. The van der Waals surface area contributed by atoms with Crippen molar-refractivity contribution in [3.8, 4) is 0 Å². The van der Waals surface area contributed by atoms with Gasteiger partial charge in [-0.2, -0.15) is 0 Å². The van der Waals surface area contributed by atoms with Crippen molar-refractivity contribution in [2.75, 3.05) is 0 Å². The molecule has 0 spiro atoms. The summed E-state index contributed by atoms with van der Waals surface area (Å²) in [6, 6.07) is 0. The van der Waals surface area contributed by atoms with Crippen LogP contribution in [0.4, 0.5) is 0 Å². The van der Waals surface area contributed by atoms with Crippen LogP contribution in [0.5, 0.6) is 0 Å². The SMILES string of the molecule is CCCCCCCCCC(CCC)C(N)(CCC)CCC.I. The van der Waals surface area contributed by atoms with Gasteiger partial charge < -0.3 is 5.73 Å². The third kappa shape index (κ3) is 11.3. The fraction of sp³-hybridized carbons (Fsp3) is 1.00. The number of halogens is 1. The van der Waals surface area contributed by atoms with Crippen LogP contribution in [0, 0.1) is 5.92 Å². The Labute approximate surface area is 158 Å². The minimum atomic E-state index is 0. The third-order valence-corrected chi connectivity index (χ3v) is 5.04. The number of nitrogens with two attached hydrogens (primary N) is 1. The predicted octanol–water partition coefficient (Wildman–Crippen LogP) is 7.46. The highest BCUT2D eigenvalue weighted by molar-refractivity contribution is 14.0. The summed E-state index contributed by atoms with van der Waals surface area (Å²) in [4.78, 5) is 0. The van der Waals surface area contributed by atoms with Crippen molar-refractivity contribution in [2.45, 2.75) is 123 Å². The Morgan fingerprint density at radius 2 is 1.14 bits per heavy atom. The maximum atomic E-state index is 6.83. The number of hydrogen-bond acceptors (Lipinski definition) is 1. The zero-order valence-electron chi connectivity index (χ0n) is 16.0. The molecule has 0 heterocycles. The zero-order valence-corrected chi connectivity index (χ0v) is 18.3. The molecule has 0 aliphatic heterocycles. The van der Waals surface area contributed by atoms with E-state index < -0.39 is 0 Å². The van der Waals surface area contributed by atoms with Crippen molar-refractivity contribution in [1.82, 2.24) is 0 Å². The Morgan fingerprint density at radius 1 is 0.636 bits per heavy atom. The highest BCUT2D eigenvalue weighted by Gasteiger charge is 2.31. The van der Waals surface area contributed by atoms with Gasteiger partial charge in [-0.15, -0.1) is 24.0 Å². The molecule has 0 saturated carbocycles. The van der Waals surface area contributed by atoms with Crippen molar-refractivity contribution in [3.63, 3.8) is 0 Å². The van der Waals surface area contributed by atoms with Gasteiger partial charge in [0.1, 0.15) is 0 Å². The van der Waals surface area contributed by atoms with Gasteiger partial charge in [-0.05, 0) is 31.6 Å². The molecule has 0 aliphatic rings. The molecule has 2 heteroatoms. The first-order valence-electron chi connectivity index (χ1n) is 9.93. The van der Waals surface area contributed by atoms with Gasteiger partial charge in [0.25, 0.3) is 0 Å². The van der Waals surface area contributed by atoms with Crippen LogP contribution in [0.3, 0.4) is 0 Å². The quantitative estimate of drug-likeness (QED) is 0.214. The predicted molar refractivity (Wildman–Crippen MR) is 113 cm³/mol. The van der Waals surface area contributed by atoms with Gasteiger partial charge in [0.05, 0.1) is 0 Å². The van der Waals surface area contributed by atoms with Gasteiger partial charge in [-0.3, -0.25) is 0 Å². The summed E-state index contributed by atoms with van der Waals surface area (Å²) in [5, 5.41) is 0. The van der Waals surface area contributed by atoms with Crippen molar-refractivity contribution in [2.24, 2.45) is 11.7 Å².